The summed E-state index contributed by atoms with van der Waals surface area (Å²) in [6.45, 7) is 1.98. The Morgan fingerprint density at radius 2 is 1.63 bits per heavy atom. The van der Waals surface area contributed by atoms with Gasteiger partial charge in [0.25, 0.3) is 0 Å². The van der Waals surface area contributed by atoms with Crippen molar-refractivity contribution in [3.63, 3.8) is 0 Å². The summed E-state index contributed by atoms with van der Waals surface area (Å²) in [5.74, 6) is 0. The van der Waals surface area contributed by atoms with Crippen molar-refractivity contribution in [3.8, 4) is 0 Å². The molecule has 1 N–H and O–H groups in total. The predicted octanol–water partition coefficient (Wildman–Crippen LogP) is 5.26. The van der Waals surface area contributed by atoms with E-state index in [0.717, 1.165) is 21.7 Å². The molecule has 0 saturated carbocycles. The van der Waals surface area contributed by atoms with Crippen LogP contribution in [0.25, 0.3) is 0 Å². The van der Waals surface area contributed by atoms with E-state index in [-0.39, 0.29) is 6.04 Å². The minimum atomic E-state index is -0.0119. The number of hydrogen-bond donors (Lipinski definition) is 1. The molecule has 2 aromatic carbocycles. The minimum Gasteiger partial charge on any atom is -0.309 e. The smallest absolute Gasteiger partial charge is 0.0589 e. The van der Waals surface area contributed by atoms with Crippen LogP contribution in [0.2, 0.25) is 15.1 Å². The van der Waals surface area contributed by atoms with Gasteiger partial charge < -0.3 is 5.32 Å². The van der Waals surface area contributed by atoms with E-state index < -0.39 is 0 Å². The molecule has 1 unspecified atom stereocenters. The molecule has 0 bridgehead atoms. The fourth-order valence-corrected chi connectivity index (χ4v) is 2.61. The predicted molar refractivity (Wildman–Crippen MR) is 83.6 cm³/mol. The van der Waals surface area contributed by atoms with E-state index in [1.807, 2.05) is 38.2 Å². The molecule has 0 aliphatic carbocycles. The minimum absolute atomic E-state index is 0.0119. The van der Waals surface area contributed by atoms with E-state index in [1.165, 1.54) is 0 Å². The Balaban J connectivity index is 2.49. The zero-order valence-electron chi connectivity index (χ0n) is 10.7. The highest BCUT2D eigenvalue weighted by Gasteiger charge is 2.16. The van der Waals surface area contributed by atoms with Crippen molar-refractivity contribution in [2.75, 3.05) is 7.05 Å². The largest absolute Gasteiger partial charge is 0.309 e. The molecule has 2 aromatic rings. The quantitative estimate of drug-likeness (QED) is 0.814. The van der Waals surface area contributed by atoms with Crippen molar-refractivity contribution >= 4 is 34.8 Å². The molecule has 1 atom stereocenters. The number of aryl methyl sites for hydroxylation is 1. The Labute approximate surface area is 128 Å². The Morgan fingerprint density at radius 3 is 2.26 bits per heavy atom. The van der Waals surface area contributed by atoms with Crippen LogP contribution < -0.4 is 5.32 Å². The van der Waals surface area contributed by atoms with Gasteiger partial charge in [-0.2, -0.15) is 0 Å². The second kappa shape index (κ2) is 6.15. The average molecular weight is 315 g/mol. The molecule has 0 aliphatic rings. The lowest BCUT2D eigenvalue weighted by molar-refractivity contribution is 0.691. The Hall–Kier alpha value is -0.730. The SMILES string of the molecule is CNC(c1ccc(Cl)c(C)c1)c1cc(Cl)ccc1Cl. The lowest BCUT2D eigenvalue weighted by Crippen LogP contribution is -2.18. The maximum Gasteiger partial charge on any atom is 0.0589 e. The second-order valence-corrected chi connectivity index (χ2v) is 5.65. The summed E-state index contributed by atoms with van der Waals surface area (Å²) in [6.07, 6.45) is 0. The van der Waals surface area contributed by atoms with Crippen LogP contribution in [0.1, 0.15) is 22.7 Å². The van der Waals surface area contributed by atoms with Gasteiger partial charge in [-0.05, 0) is 54.9 Å². The summed E-state index contributed by atoms with van der Waals surface area (Å²) in [5.41, 5.74) is 3.10. The van der Waals surface area contributed by atoms with Crippen molar-refractivity contribution < 1.29 is 0 Å². The summed E-state index contributed by atoms with van der Waals surface area (Å²) in [4.78, 5) is 0. The molecule has 0 amide bonds. The number of benzene rings is 2. The fraction of sp³-hybridized carbons (Fsp3) is 0.200. The summed E-state index contributed by atoms with van der Waals surface area (Å²) < 4.78 is 0. The third kappa shape index (κ3) is 3.24. The third-order valence-electron chi connectivity index (χ3n) is 3.07. The van der Waals surface area contributed by atoms with Crippen LogP contribution in [0.3, 0.4) is 0 Å². The van der Waals surface area contributed by atoms with Gasteiger partial charge in [0.15, 0.2) is 0 Å². The molecule has 19 heavy (non-hydrogen) atoms. The number of hydrogen-bond acceptors (Lipinski definition) is 1. The molecular formula is C15H14Cl3N. The Morgan fingerprint density at radius 1 is 0.947 bits per heavy atom. The summed E-state index contributed by atoms with van der Waals surface area (Å²) in [6, 6.07) is 11.4. The van der Waals surface area contributed by atoms with Crippen LogP contribution >= 0.6 is 34.8 Å². The van der Waals surface area contributed by atoms with Crippen molar-refractivity contribution in [2.45, 2.75) is 13.0 Å². The van der Waals surface area contributed by atoms with Gasteiger partial charge in [0, 0.05) is 15.1 Å². The zero-order chi connectivity index (χ0) is 14.0. The first-order valence-corrected chi connectivity index (χ1v) is 7.04. The van der Waals surface area contributed by atoms with Crippen molar-refractivity contribution in [1.29, 1.82) is 0 Å². The zero-order valence-corrected chi connectivity index (χ0v) is 12.9. The number of halogens is 3. The van der Waals surface area contributed by atoms with Gasteiger partial charge in [-0.3, -0.25) is 0 Å². The molecule has 2 rings (SSSR count). The molecule has 0 saturated heterocycles. The Kier molecular flexibility index (Phi) is 4.75. The van der Waals surface area contributed by atoms with Crippen molar-refractivity contribution in [3.05, 3.63) is 68.2 Å². The lowest BCUT2D eigenvalue weighted by atomic mass is 9.97. The molecule has 4 heteroatoms. The van der Waals surface area contributed by atoms with Gasteiger partial charge in [-0.15, -0.1) is 0 Å². The van der Waals surface area contributed by atoms with Crippen molar-refractivity contribution in [1.82, 2.24) is 5.32 Å². The molecule has 0 radical (unpaired) electrons. The first-order chi connectivity index (χ1) is 9.02. The number of rotatable bonds is 3. The standard InChI is InChI=1S/C15H14Cl3N/c1-9-7-10(3-5-13(9)17)15(19-2)12-8-11(16)4-6-14(12)18/h3-8,15,19H,1-2H3. The molecule has 0 aliphatic heterocycles. The monoisotopic (exact) mass is 313 g/mol. The van der Waals surface area contributed by atoms with Gasteiger partial charge in [0.05, 0.1) is 6.04 Å². The first kappa shape index (κ1) is 14.7. The van der Waals surface area contributed by atoms with Crippen LogP contribution in [0.5, 0.6) is 0 Å². The van der Waals surface area contributed by atoms with Gasteiger partial charge in [0.1, 0.15) is 0 Å². The molecule has 0 heterocycles. The van der Waals surface area contributed by atoms with Crippen LogP contribution in [0.15, 0.2) is 36.4 Å². The lowest BCUT2D eigenvalue weighted by Gasteiger charge is -2.19. The molecular weight excluding hydrogens is 301 g/mol. The maximum atomic E-state index is 6.27. The van der Waals surface area contributed by atoms with E-state index in [0.29, 0.717) is 10.0 Å². The summed E-state index contributed by atoms with van der Waals surface area (Å²) in [7, 11) is 1.89. The summed E-state index contributed by atoms with van der Waals surface area (Å²) in [5, 5.41) is 5.39. The highest BCUT2D eigenvalue weighted by Crippen LogP contribution is 2.31. The van der Waals surface area contributed by atoms with E-state index in [9.17, 15) is 0 Å². The van der Waals surface area contributed by atoms with Crippen LogP contribution in [0, 0.1) is 6.92 Å². The van der Waals surface area contributed by atoms with E-state index in [4.69, 9.17) is 34.8 Å². The van der Waals surface area contributed by atoms with Crippen molar-refractivity contribution in [2.24, 2.45) is 0 Å². The third-order valence-corrected chi connectivity index (χ3v) is 4.08. The topological polar surface area (TPSA) is 12.0 Å². The molecule has 0 fully saturated rings. The average Bonchev–Trinajstić information content (AvgIpc) is 2.38. The first-order valence-electron chi connectivity index (χ1n) is 5.91. The van der Waals surface area contributed by atoms with E-state index in [1.54, 1.807) is 6.07 Å². The number of nitrogens with one attached hydrogen (secondary N) is 1. The fourth-order valence-electron chi connectivity index (χ4n) is 2.09. The molecule has 0 aromatic heterocycles. The molecule has 1 nitrogen and oxygen atoms in total. The normalized spacial score (nSPS) is 12.5. The van der Waals surface area contributed by atoms with Crippen LogP contribution in [-0.4, -0.2) is 7.05 Å². The molecule has 0 spiro atoms. The van der Waals surface area contributed by atoms with Gasteiger partial charge in [-0.1, -0.05) is 46.9 Å². The van der Waals surface area contributed by atoms with E-state index >= 15 is 0 Å². The summed E-state index contributed by atoms with van der Waals surface area (Å²) >= 11 is 18.4. The van der Waals surface area contributed by atoms with Crippen LogP contribution in [-0.2, 0) is 0 Å². The van der Waals surface area contributed by atoms with Gasteiger partial charge >= 0.3 is 0 Å². The van der Waals surface area contributed by atoms with Gasteiger partial charge in [0.2, 0.25) is 0 Å². The van der Waals surface area contributed by atoms with E-state index in [2.05, 4.69) is 11.4 Å². The van der Waals surface area contributed by atoms with Gasteiger partial charge in [-0.25, -0.2) is 0 Å². The maximum absolute atomic E-state index is 6.27. The second-order valence-electron chi connectivity index (χ2n) is 4.40. The highest BCUT2D eigenvalue weighted by molar-refractivity contribution is 6.33. The highest BCUT2D eigenvalue weighted by atomic mass is 35.5. The molecule has 100 valence electrons. The van der Waals surface area contributed by atoms with Crippen LogP contribution in [0.4, 0.5) is 0 Å². The Bertz CT molecular complexity index is 596.